The Balaban J connectivity index is 2.19. The van der Waals surface area contributed by atoms with Gasteiger partial charge in [0.25, 0.3) is 0 Å². The van der Waals surface area contributed by atoms with Gasteiger partial charge in [-0.1, -0.05) is 61.0 Å². The van der Waals surface area contributed by atoms with Crippen LogP contribution in [-0.2, 0) is 12.8 Å². The van der Waals surface area contributed by atoms with Crippen molar-refractivity contribution in [1.29, 1.82) is 0 Å². The molecule has 18 heavy (non-hydrogen) atoms. The molecule has 0 aliphatic heterocycles. The lowest BCUT2D eigenvalue weighted by molar-refractivity contribution is 0.894. The molecular weight excluding hydrogens is 240 g/mol. The fraction of sp³-hybridized carbons (Fsp3) is 0.294. The number of halogens is 1. The van der Waals surface area contributed by atoms with Crippen LogP contribution in [0.25, 0.3) is 0 Å². The van der Waals surface area contributed by atoms with Gasteiger partial charge in [0.2, 0.25) is 0 Å². The lowest BCUT2D eigenvalue weighted by Gasteiger charge is -2.14. The van der Waals surface area contributed by atoms with Crippen LogP contribution in [0.5, 0.6) is 0 Å². The molecule has 0 amide bonds. The highest BCUT2D eigenvalue weighted by atomic mass is 35.5. The Labute approximate surface area is 115 Å². The van der Waals surface area contributed by atoms with Crippen LogP contribution in [0.4, 0.5) is 0 Å². The summed E-state index contributed by atoms with van der Waals surface area (Å²) in [5.74, 6) is 0. The number of rotatable bonds is 4. The highest BCUT2D eigenvalue weighted by Crippen LogP contribution is 2.28. The lowest BCUT2D eigenvalue weighted by Crippen LogP contribution is -2.00. The monoisotopic (exact) mass is 258 g/mol. The fourth-order valence-electron chi connectivity index (χ4n) is 2.32. The Morgan fingerprint density at radius 3 is 2.56 bits per heavy atom. The van der Waals surface area contributed by atoms with Gasteiger partial charge in [0.05, 0.1) is 5.38 Å². The molecule has 0 saturated carbocycles. The number of hydrogen-bond acceptors (Lipinski definition) is 0. The van der Waals surface area contributed by atoms with E-state index in [0.717, 1.165) is 12.8 Å². The van der Waals surface area contributed by atoms with E-state index in [1.54, 1.807) is 0 Å². The molecule has 2 aromatic rings. The van der Waals surface area contributed by atoms with Gasteiger partial charge in [-0.05, 0) is 36.5 Å². The van der Waals surface area contributed by atoms with Crippen molar-refractivity contribution in [3.05, 3.63) is 70.8 Å². The summed E-state index contributed by atoms with van der Waals surface area (Å²) in [6.07, 6.45) is 1.92. The summed E-state index contributed by atoms with van der Waals surface area (Å²) in [5, 5.41) is 0.0583. The Kier molecular flexibility index (Phi) is 4.43. The molecule has 0 nitrogen and oxygen atoms in total. The van der Waals surface area contributed by atoms with Crippen LogP contribution >= 0.6 is 11.6 Å². The van der Waals surface area contributed by atoms with Crippen molar-refractivity contribution >= 4 is 11.6 Å². The zero-order valence-electron chi connectivity index (χ0n) is 11.0. The van der Waals surface area contributed by atoms with Gasteiger partial charge in [-0.15, -0.1) is 11.6 Å². The molecule has 0 radical (unpaired) electrons. The van der Waals surface area contributed by atoms with Gasteiger partial charge in [-0.2, -0.15) is 0 Å². The molecule has 0 fully saturated rings. The van der Waals surface area contributed by atoms with Gasteiger partial charge in [0, 0.05) is 0 Å². The zero-order valence-corrected chi connectivity index (χ0v) is 11.7. The van der Waals surface area contributed by atoms with Crippen molar-refractivity contribution < 1.29 is 0 Å². The van der Waals surface area contributed by atoms with Crippen LogP contribution in [0.1, 0.15) is 34.6 Å². The van der Waals surface area contributed by atoms with Crippen LogP contribution in [0.2, 0.25) is 0 Å². The van der Waals surface area contributed by atoms with E-state index < -0.39 is 0 Å². The van der Waals surface area contributed by atoms with Gasteiger partial charge >= 0.3 is 0 Å². The molecule has 0 spiro atoms. The quantitative estimate of drug-likeness (QED) is 0.671. The van der Waals surface area contributed by atoms with E-state index in [4.69, 9.17) is 11.6 Å². The largest absolute Gasteiger partial charge is 0.117 e. The highest BCUT2D eigenvalue weighted by Gasteiger charge is 2.12. The summed E-state index contributed by atoms with van der Waals surface area (Å²) in [6.45, 7) is 4.29. The van der Waals surface area contributed by atoms with E-state index in [9.17, 15) is 0 Å². The van der Waals surface area contributed by atoms with E-state index in [2.05, 4.69) is 62.4 Å². The van der Waals surface area contributed by atoms with Gasteiger partial charge < -0.3 is 0 Å². The fourth-order valence-corrected chi connectivity index (χ4v) is 2.71. The second-order valence-electron chi connectivity index (χ2n) is 4.71. The standard InChI is InChI=1S/C17H19Cl/c1-3-15-9-4-5-10-16(15)17(18)12-14-8-6-7-13(2)11-14/h4-11,17H,3,12H2,1-2H3. The molecule has 0 aliphatic rings. The third-order valence-corrected chi connectivity index (χ3v) is 3.66. The molecule has 1 unspecified atom stereocenters. The number of benzene rings is 2. The summed E-state index contributed by atoms with van der Waals surface area (Å²) < 4.78 is 0. The average Bonchev–Trinajstić information content (AvgIpc) is 2.38. The normalized spacial score (nSPS) is 12.4. The summed E-state index contributed by atoms with van der Waals surface area (Å²) in [6, 6.07) is 17.0. The molecule has 0 aliphatic carbocycles. The summed E-state index contributed by atoms with van der Waals surface area (Å²) >= 11 is 6.58. The molecule has 0 aromatic heterocycles. The van der Waals surface area contributed by atoms with Crippen molar-refractivity contribution in [3.8, 4) is 0 Å². The van der Waals surface area contributed by atoms with Crippen molar-refractivity contribution in [3.63, 3.8) is 0 Å². The molecule has 0 saturated heterocycles. The van der Waals surface area contributed by atoms with E-state index >= 15 is 0 Å². The summed E-state index contributed by atoms with van der Waals surface area (Å²) in [4.78, 5) is 0. The predicted octanol–water partition coefficient (Wildman–Crippen LogP) is 5.08. The van der Waals surface area contributed by atoms with Gasteiger partial charge in [-0.25, -0.2) is 0 Å². The molecule has 1 atom stereocenters. The molecule has 94 valence electrons. The third kappa shape index (κ3) is 3.14. The Hall–Kier alpha value is -1.27. The highest BCUT2D eigenvalue weighted by molar-refractivity contribution is 6.21. The van der Waals surface area contributed by atoms with Crippen LogP contribution in [0.3, 0.4) is 0 Å². The van der Waals surface area contributed by atoms with E-state index in [0.29, 0.717) is 0 Å². The molecule has 0 heterocycles. The third-order valence-electron chi connectivity index (χ3n) is 3.27. The molecule has 2 aromatic carbocycles. The minimum atomic E-state index is 0.0583. The van der Waals surface area contributed by atoms with E-state index in [1.165, 1.54) is 22.3 Å². The molecule has 2 rings (SSSR count). The maximum Gasteiger partial charge on any atom is 0.0628 e. The molecular formula is C17H19Cl. The second-order valence-corrected chi connectivity index (χ2v) is 5.24. The zero-order chi connectivity index (χ0) is 13.0. The topological polar surface area (TPSA) is 0 Å². The molecule has 1 heteroatoms. The molecule has 0 bridgehead atoms. The first-order valence-electron chi connectivity index (χ1n) is 6.48. The SMILES string of the molecule is CCc1ccccc1C(Cl)Cc1cccc(C)c1. The van der Waals surface area contributed by atoms with Crippen LogP contribution in [0.15, 0.2) is 48.5 Å². The number of alkyl halides is 1. The van der Waals surface area contributed by atoms with Crippen LogP contribution < -0.4 is 0 Å². The smallest absolute Gasteiger partial charge is 0.0628 e. The molecule has 0 N–H and O–H groups in total. The Morgan fingerprint density at radius 2 is 1.83 bits per heavy atom. The van der Waals surface area contributed by atoms with Gasteiger partial charge in [0.1, 0.15) is 0 Å². The summed E-state index contributed by atoms with van der Waals surface area (Å²) in [5.41, 5.74) is 5.22. The van der Waals surface area contributed by atoms with Crippen molar-refractivity contribution in [2.75, 3.05) is 0 Å². The maximum atomic E-state index is 6.58. The minimum Gasteiger partial charge on any atom is -0.117 e. The van der Waals surface area contributed by atoms with Crippen LogP contribution in [-0.4, -0.2) is 0 Å². The van der Waals surface area contributed by atoms with Crippen molar-refractivity contribution in [2.24, 2.45) is 0 Å². The van der Waals surface area contributed by atoms with Gasteiger partial charge in [-0.3, -0.25) is 0 Å². The number of hydrogen-bond donors (Lipinski definition) is 0. The second kappa shape index (κ2) is 6.06. The van der Waals surface area contributed by atoms with E-state index in [1.807, 2.05) is 0 Å². The first-order valence-corrected chi connectivity index (χ1v) is 6.91. The van der Waals surface area contributed by atoms with Gasteiger partial charge in [0.15, 0.2) is 0 Å². The number of aryl methyl sites for hydroxylation is 2. The van der Waals surface area contributed by atoms with E-state index in [-0.39, 0.29) is 5.38 Å². The minimum absolute atomic E-state index is 0.0583. The first kappa shape index (κ1) is 13.2. The summed E-state index contributed by atoms with van der Waals surface area (Å²) in [7, 11) is 0. The predicted molar refractivity (Wildman–Crippen MR) is 79.3 cm³/mol. The van der Waals surface area contributed by atoms with Crippen molar-refractivity contribution in [2.45, 2.75) is 32.1 Å². The lowest BCUT2D eigenvalue weighted by atomic mass is 9.97. The average molecular weight is 259 g/mol. The Bertz CT molecular complexity index is 517. The Morgan fingerprint density at radius 1 is 1.06 bits per heavy atom. The first-order chi connectivity index (χ1) is 8.70. The van der Waals surface area contributed by atoms with Crippen molar-refractivity contribution in [1.82, 2.24) is 0 Å². The maximum absolute atomic E-state index is 6.58. The van der Waals surface area contributed by atoms with Crippen LogP contribution in [0, 0.1) is 6.92 Å².